The fourth-order valence-corrected chi connectivity index (χ4v) is 5.02. The fourth-order valence-electron chi connectivity index (χ4n) is 5.02. The summed E-state index contributed by atoms with van der Waals surface area (Å²) < 4.78 is 23.2. The zero-order valence-electron chi connectivity index (χ0n) is 24.1. The van der Waals surface area contributed by atoms with Crippen LogP contribution in [0.5, 0.6) is 28.7 Å². The molecular weight excluding hydrogens is 530 g/mol. The van der Waals surface area contributed by atoms with Gasteiger partial charge in [-0.2, -0.15) is 0 Å². The van der Waals surface area contributed by atoms with Gasteiger partial charge in [-0.15, -0.1) is 0 Å². The van der Waals surface area contributed by atoms with Gasteiger partial charge in [0.1, 0.15) is 36.2 Å². The predicted molar refractivity (Wildman–Crippen MR) is 164 cm³/mol. The van der Waals surface area contributed by atoms with E-state index in [1.165, 1.54) is 0 Å². The van der Waals surface area contributed by atoms with Gasteiger partial charge in [-0.3, -0.25) is 0 Å². The van der Waals surface area contributed by atoms with Gasteiger partial charge in [0.05, 0.1) is 19.9 Å². The Kier molecular flexibility index (Phi) is 7.70. The summed E-state index contributed by atoms with van der Waals surface area (Å²) in [5.41, 5.74) is 6.47. The summed E-state index contributed by atoms with van der Waals surface area (Å²) in [5.74, 6) is 3.62. The Labute approximate surface area is 245 Å². The number of hydrogen-bond donors (Lipinski definition) is 1. The van der Waals surface area contributed by atoms with Gasteiger partial charge in [0.15, 0.2) is 11.5 Å². The molecule has 1 aliphatic rings. The summed E-state index contributed by atoms with van der Waals surface area (Å²) in [7, 11) is 7.32. The number of nitrogens with zero attached hydrogens (tertiary/aromatic N) is 2. The second-order valence-corrected chi connectivity index (χ2v) is 10.3. The maximum atomic E-state index is 6.05. The largest absolute Gasteiger partial charge is 0.493 e. The maximum absolute atomic E-state index is 6.05. The van der Waals surface area contributed by atoms with Crippen LogP contribution in [0.4, 0.5) is 0 Å². The number of para-hydroxylation sites is 1. The van der Waals surface area contributed by atoms with E-state index in [1.807, 2.05) is 93.0 Å². The third-order valence-electron chi connectivity index (χ3n) is 7.15. The first-order valence-corrected chi connectivity index (χ1v) is 13.8. The van der Waals surface area contributed by atoms with Gasteiger partial charge in [0, 0.05) is 34.1 Å². The molecule has 0 aliphatic heterocycles. The smallest absolute Gasteiger partial charge is 0.161 e. The van der Waals surface area contributed by atoms with Crippen molar-refractivity contribution in [3.8, 4) is 40.0 Å². The van der Waals surface area contributed by atoms with E-state index >= 15 is 0 Å². The molecule has 1 N–H and O–H groups in total. The average molecular weight is 564 g/mol. The van der Waals surface area contributed by atoms with Gasteiger partial charge in [-0.25, -0.2) is 0 Å². The van der Waals surface area contributed by atoms with Crippen LogP contribution in [0.15, 0.2) is 90.1 Å². The molecule has 1 aromatic heterocycles. The predicted octanol–water partition coefficient (Wildman–Crippen LogP) is 6.87. The Morgan fingerprint density at radius 2 is 1.45 bits per heavy atom. The molecule has 8 nitrogen and oxygen atoms in total. The lowest BCUT2D eigenvalue weighted by Crippen LogP contribution is -2.19. The van der Waals surface area contributed by atoms with Gasteiger partial charge in [0.2, 0.25) is 0 Å². The zero-order valence-corrected chi connectivity index (χ0v) is 24.1. The molecule has 214 valence electrons. The molecule has 42 heavy (non-hydrogen) atoms. The topological polar surface area (TPSA) is 77.5 Å². The first-order chi connectivity index (χ1) is 20.5. The number of nitrogens with one attached hydrogen (secondary N) is 1. The summed E-state index contributed by atoms with van der Waals surface area (Å²) in [5, 5.41) is 5.69. The Hall–Kier alpha value is -4.95. The molecule has 4 aromatic carbocycles. The fraction of sp³-hybridized carbons (Fsp3) is 0.206. The maximum Gasteiger partial charge on any atom is 0.161 e. The van der Waals surface area contributed by atoms with E-state index < -0.39 is 0 Å². The molecule has 1 aliphatic carbocycles. The van der Waals surface area contributed by atoms with E-state index in [-0.39, 0.29) is 0 Å². The Morgan fingerprint density at radius 1 is 0.762 bits per heavy atom. The number of hydrogen-bond acceptors (Lipinski definition) is 7. The van der Waals surface area contributed by atoms with Crippen LogP contribution in [-0.4, -0.2) is 57.1 Å². The minimum atomic E-state index is 0.300. The van der Waals surface area contributed by atoms with Crippen molar-refractivity contribution >= 4 is 16.6 Å². The minimum Gasteiger partial charge on any atom is -0.493 e. The third-order valence-corrected chi connectivity index (χ3v) is 7.15. The number of oxime groups is 1. The molecule has 0 atom stereocenters. The molecule has 6 rings (SSSR count). The summed E-state index contributed by atoms with van der Waals surface area (Å²) in [6, 6.07) is 27.5. The van der Waals surface area contributed by atoms with Crippen LogP contribution in [0.3, 0.4) is 0 Å². The van der Waals surface area contributed by atoms with Crippen LogP contribution < -0.4 is 18.9 Å². The molecule has 0 saturated heterocycles. The summed E-state index contributed by atoms with van der Waals surface area (Å²) >= 11 is 0. The summed E-state index contributed by atoms with van der Waals surface area (Å²) in [6.45, 7) is 1.72. The van der Waals surface area contributed by atoms with E-state index in [1.54, 1.807) is 14.2 Å². The molecule has 5 aromatic rings. The van der Waals surface area contributed by atoms with Gasteiger partial charge >= 0.3 is 0 Å². The standard InChI is InChI=1S/C34H33N3O5/c1-37(2)16-17-40-25-14-15-29-28(18-25)32-33(35-29)26-19-30(38-3)31(39-4)20-27(26)34(32)36-41-21-22-10-12-24(13-11-22)42-23-8-6-5-7-9-23/h5-15,18-20,35H,16-17,21H2,1-4H3. The normalized spacial score (nSPS) is 12.8. The number of methoxy groups -OCH3 is 2. The Morgan fingerprint density at radius 3 is 2.17 bits per heavy atom. The molecule has 0 saturated carbocycles. The monoisotopic (exact) mass is 563 g/mol. The molecule has 0 amide bonds. The van der Waals surface area contributed by atoms with Crippen molar-refractivity contribution in [3.63, 3.8) is 0 Å². The van der Waals surface area contributed by atoms with Gasteiger partial charge in [-0.05, 0) is 74.3 Å². The van der Waals surface area contributed by atoms with E-state index in [9.17, 15) is 0 Å². The number of likely N-dealkylation sites (N-methyl/N-ethyl adjacent to an activating group) is 1. The van der Waals surface area contributed by atoms with Crippen molar-refractivity contribution in [3.05, 3.63) is 102 Å². The average Bonchev–Trinajstić information content (AvgIpc) is 3.52. The lowest BCUT2D eigenvalue weighted by Gasteiger charge is -2.12. The van der Waals surface area contributed by atoms with Crippen molar-refractivity contribution in [2.24, 2.45) is 5.16 Å². The highest BCUT2D eigenvalue weighted by molar-refractivity contribution is 6.30. The highest BCUT2D eigenvalue weighted by Crippen LogP contribution is 2.46. The van der Waals surface area contributed by atoms with E-state index in [4.69, 9.17) is 23.8 Å². The number of H-pyrrole nitrogens is 1. The lowest BCUT2D eigenvalue weighted by molar-refractivity contribution is 0.131. The Bertz CT molecular complexity index is 1730. The van der Waals surface area contributed by atoms with E-state index in [0.717, 1.165) is 68.4 Å². The molecule has 8 heteroatoms. The van der Waals surface area contributed by atoms with Crippen LogP contribution in [-0.2, 0) is 11.4 Å². The van der Waals surface area contributed by atoms with Crippen molar-refractivity contribution in [1.82, 2.24) is 9.88 Å². The lowest BCUT2D eigenvalue weighted by atomic mass is 10.1. The van der Waals surface area contributed by atoms with Crippen molar-refractivity contribution < 1.29 is 23.8 Å². The SMILES string of the molecule is COc1cc2c(cc1OC)-c1[nH]c3ccc(OCCN(C)C)cc3c1C2=NOCc1ccc(Oc2ccccc2)cc1. The number of aromatic nitrogens is 1. The van der Waals surface area contributed by atoms with E-state index in [0.29, 0.717) is 24.7 Å². The second-order valence-electron chi connectivity index (χ2n) is 10.3. The first kappa shape index (κ1) is 27.2. The van der Waals surface area contributed by atoms with Gasteiger partial charge < -0.3 is 33.7 Å². The summed E-state index contributed by atoms with van der Waals surface area (Å²) in [6.07, 6.45) is 0. The molecule has 0 fully saturated rings. The van der Waals surface area contributed by atoms with Crippen molar-refractivity contribution in [2.45, 2.75) is 6.61 Å². The Balaban J connectivity index is 1.30. The van der Waals surface area contributed by atoms with Crippen molar-refractivity contribution in [1.29, 1.82) is 0 Å². The summed E-state index contributed by atoms with van der Waals surface area (Å²) in [4.78, 5) is 11.6. The molecule has 0 bridgehead atoms. The number of fused-ring (bicyclic) bond motifs is 5. The van der Waals surface area contributed by atoms with Crippen LogP contribution in [0.25, 0.3) is 22.2 Å². The van der Waals surface area contributed by atoms with Crippen LogP contribution >= 0.6 is 0 Å². The first-order valence-electron chi connectivity index (χ1n) is 13.8. The highest BCUT2D eigenvalue weighted by atomic mass is 16.6. The van der Waals surface area contributed by atoms with Gasteiger partial charge in [0.25, 0.3) is 0 Å². The van der Waals surface area contributed by atoms with Crippen molar-refractivity contribution in [2.75, 3.05) is 41.5 Å². The minimum absolute atomic E-state index is 0.300. The number of benzene rings is 4. The second kappa shape index (κ2) is 11.9. The van der Waals surface area contributed by atoms with Crippen LogP contribution in [0.2, 0.25) is 0 Å². The van der Waals surface area contributed by atoms with Crippen LogP contribution in [0.1, 0.15) is 16.7 Å². The number of aromatic amines is 1. The molecule has 0 spiro atoms. The molecule has 0 unspecified atom stereocenters. The number of rotatable bonds is 11. The van der Waals surface area contributed by atoms with Gasteiger partial charge in [-0.1, -0.05) is 35.5 Å². The molecular formula is C34H33N3O5. The highest BCUT2D eigenvalue weighted by Gasteiger charge is 2.32. The quantitative estimate of drug-likeness (QED) is 0.173. The molecule has 1 heterocycles. The van der Waals surface area contributed by atoms with E-state index in [2.05, 4.69) is 21.1 Å². The molecule has 0 radical (unpaired) electrons. The number of ether oxygens (including phenoxy) is 4. The van der Waals surface area contributed by atoms with Crippen LogP contribution in [0, 0.1) is 0 Å². The third kappa shape index (κ3) is 5.49. The zero-order chi connectivity index (χ0) is 29.1.